The van der Waals surface area contributed by atoms with Crippen LogP contribution in [0.3, 0.4) is 0 Å². The topological polar surface area (TPSA) is 78.8 Å². The SMILES string of the molecule is C/C(CC1CCCN1S(=O)(=O)c1ccc(C)cc1)=N\NC(=O)c1ccccc1. The second kappa shape index (κ2) is 8.67. The highest BCUT2D eigenvalue weighted by atomic mass is 32.2. The number of sulfonamides is 1. The Hall–Kier alpha value is -2.51. The highest BCUT2D eigenvalue weighted by molar-refractivity contribution is 7.89. The van der Waals surface area contributed by atoms with E-state index in [2.05, 4.69) is 10.5 Å². The van der Waals surface area contributed by atoms with Gasteiger partial charge in [-0.25, -0.2) is 13.8 Å². The molecule has 1 N–H and O–H groups in total. The zero-order valence-electron chi connectivity index (χ0n) is 16.1. The van der Waals surface area contributed by atoms with Crippen LogP contribution >= 0.6 is 0 Å². The summed E-state index contributed by atoms with van der Waals surface area (Å²) in [6.45, 7) is 4.24. The smallest absolute Gasteiger partial charge is 0.267 e. The van der Waals surface area contributed by atoms with Gasteiger partial charge in [0.15, 0.2) is 0 Å². The first-order valence-electron chi connectivity index (χ1n) is 9.35. The molecule has 1 saturated heterocycles. The van der Waals surface area contributed by atoms with Crippen molar-refractivity contribution in [3.05, 3.63) is 65.7 Å². The van der Waals surface area contributed by atoms with E-state index in [-0.39, 0.29) is 11.9 Å². The molecule has 1 atom stereocenters. The van der Waals surface area contributed by atoms with E-state index in [1.54, 1.807) is 47.6 Å². The van der Waals surface area contributed by atoms with Crippen LogP contribution in [0.4, 0.5) is 0 Å². The van der Waals surface area contributed by atoms with E-state index in [0.29, 0.717) is 29.1 Å². The Morgan fingerprint density at radius 3 is 2.50 bits per heavy atom. The van der Waals surface area contributed by atoms with Crippen molar-refractivity contribution in [1.82, 2.24) is 9.73 Å². The molecule has 1 aliphatic heterocycles. The normalized spacial score (nSPS) is 18.2. The van der Waals surface area contributed by atoms with E-state index < -0.39 is 10.0 Å². The maximum atomic E-state index is 13.0. The number of carbonyl (C=O) groups is 1. The summed E-state index contributed by atoms with van der Waals surface area (Å²) in [5, 5.41) is 4.16. The Balaban J connectivity index is 1.67. The molecule has 0 aromatic heterocycles. The second-order valence-corrected chi connectivity index (χ2v) is 8.97. The van der Waals surface area contributed by atoms with Gasteiger partial charge in [-0.3, -0.25) is 4.79 Å². The molecule has 1 heterocycles. The minimum atomic E-state index is -3.53. The van der Waals surface area contributed by atoms with Crippen molar-refractivity contribution < 1.29 is 13.2 Å². The molecule has 0 aliphatic carbocycles. The van der Waals surface area contributed by atoms with Gasteiger partial charge >= 0.3 is 0 Å². The molecule has 1 fully saturated rings. The number of amides is 1. The number of rotatable bonds is 6. The molecule has 1 aliphatic rings. The lowest BCUT2D eigenvalue weighted by molar-refractivity contribution is 0.0954. The van der Waals surface area contributed by atoms with Gasteiger partial charge in [0.25, 0.3) is 5.91 Å². The van der Waals surface area contributed by atoms with E-state index in [1.807, 2.05) is 25.1 Å². The van der Waals surface area contributed by atoms with Gasteiger partial charge in [-0.2, -0.15) is 9.41 Å². The molecular weight excluding hydrogens is 374 g/mol. The Morgan fingerprint density at radius 2 is 1.82 bits per heavy atom. The van der Waals surface area contributed by atoms with Gasteiger partial charge in [0.05, 0.1) is 4.90 Å². The van der Waals surface area contributed by atoms with Crippen LogP contribution < -0.4 is 5.43 Å². The standard InChI is InChI=1S/C21H25N3O3S/c1-16-10-12-20(13-11-16)28(26,27)24-14-6-9-19(24)15-17(2)22-23-21(25)18-7-4-3-5-8-18/h3-5,7-8,10-13,19H,6,9,14-15H2,1-2H3,(H,23,25)/b22-17+. The van der Waals surface area contributed by atoms with Crippen LogP contribution in [0, 0.1) is 6.92 Å². The molecule has 148 valence electrons. The fourth-order valence-corrected chi connectivity index (χ4v) is 5.05. The lowest BCUT2D eigenvalue weighted by atomic mass is 10.1. The summed E-state index contributed by atoms with van der Waals surface area (Å²) in [5.74, 6) is -0.282. The summed E-state index contributed by atoms with van der Waals surface area (Å²) in [4.78, 5) is 12.4. The van der Waals surface area contributed by atoms with Gasteiger partial charge in [0.2, 0.25) is 10.0 Å². The molecular formula is C21H25N3O3S. The van der Waals surface area contributed by atoms with E-state index in [9.17, 15) is 13.2 Å². The first-order chi connectivity index (χ1) is 13.4. The third-order valence-electron chi connectivity index (χ3n) is 4.87. The molecule has 0 bridgehead atoms. The Morgan fingerprint density at radius 1 is 1.14 bits per heavy atom. The predicted octanol–water partition coefficient (Wildman–Crippen LogP) is 3.34. The molecule has 2 aromatic rings. The van der Waals surface area contributed by atoms with Crippen molar-refractivity contribution in [1.29, 1.82) is 0 Å². The Bertz CT molecular complexity index is 954. The third kappa shape index (κ3) is 4.66. The van der Waals surface area contributed by atoms with Crippen molar-refractivity contribution in [2.75, 3.05) is 6.54 Å². The minimum Gasteiger partial charge on any atom is -0.267 e. The molecule has 7 heteroatoms. The maximum Gasteiger partial charge on any atom is 0.271 e. The van der Waals surface area contributed by atoms with E-state index in [1.165, 1.54) is 0 Å². The zero-order valence-corrected chi connectivity index (χ0v) is 16.9. The molecule has 1 amide bonds. The van der Waals surface area contributed by atoms with E-state index >= 15 is 0 Å². The molecule has 3 rings (SSSR count). The van der Waals surface area contributed by atoms with Gasteiger partial charge in [-0.05, 0) is 51.0 Å². The van der Waals surface area contributed by atoms with Crippen molar-refractivity contribution >= 4 is 21.6 Å². The van der Waals surface area contributed by atoms with Crippen LogP contribution in [0.1, 0.15) is 42.1 Å². The quantitative estimate of drug-likeness (QED) is 0.598. The summed E-state index contributed by atoms with van der Waals surface area (Å²) in [7, 11) is -3.53. The molecule has 0 radical (unpaired) electrons. The summed E-state index contributed by atoms with van der Waals surface area (Å²) >= 11 is 0. The van der Waals surface area contributed by atoms with Crippen molar-refractivity contribution in [3.63, 3.8) is 0 Å². The first-order valence-corrected chi connectivity index (χ1v) is 10.8. The van der Waals surface area contributed by atoms with Gasteiger partial charge in [0.1, 0.15) is 0 Å². The number of nitrogens with zero attached hydrogens (tertiary/aromatic N) is 2. The Labute approximate surface area is 166 Å². The van der Waals surface area contributed by atoms with E-state index in [0.717, 1.165) is 18.4 Å². The van der Waals surface area contributed by atoms with Crippen LogP contribution in [0.5, 0.6) is 0 Å². The second-order valence-electron chi connectivity index (χ2n) is 7.08. The van der Waals surface area contributed by atoms with Crippen LogP contribution in [0.25, 0.3) is 0 Å². The number of aryl methyl sites for hydroxylation is 1. The highest BCUT2D eigenvalue weighted by Gasteiger charge is 2.35. The van der Waals surface area contributed by atoms with Gasteiger partial charge in [-0.1, -0.05) is 35.9 Å². The lowest BCUT2D eigenvalue weighted by Gasteiger charge is -2.24. The number of hydrogen-bond acceptors (Lipinski definition) is 4. The number of hydrazone groups is 1. The minimum absolute atomic E-state index is 0.149. The van der Waals surface area contributed by atoms with Crippen molar-refractivity contribution in [2.24, 2.45) is 5.10 Å². The highest BCUT2D eigenvalue weighted by Crippen LogP contribution is 2.28. The zero-order chi connectivity index (χ0) is 20.1. The molecule has 2 aromatic carbocycles. The van der Waals surface area contributed by atoms with Crippen LogP contribution in [0.2, 0.25) is 0 Å². The number of nitrogens with one attached hydrogen (secondary N) is 1. The molecule has 28 heavy (non-hydrogen) atoms. The molecule has 0 saturated carbocycles. The fourth-order valence-electron chi connectivity index (χ4n) is 3.36. The van der Waals surface area contributed by atoms with Gasteiger partial charge in [-0.15, -0.1) is 0 Å². The predicted molar refractivity (Wildman–Crippen MR) is 110 cm³/mol. The number of benzene rings is 2. The average molecular weight is 400 g/mol. The molecule has 1 unspecified atom stereocenters. The summed E-state index contributed by atoms with van der Waals surface area (Å²) < 4.78 is 27.6. The van der Waals surface area contributed by atoms with Crippen LogP contribution in [-0.2, 0) is 10.0 Å². The van der Waals surface area contributed by atoms with Gasteiger partial charge in [0, 0.05) is 30.3 Å². The maximum absolute atomic E-state index is 13.0. The van der Waals surface area contributed by atoms with E-state index in [4.69, 9.17) is 0 Å². The van der Waals surface area contributed by atoms with Crippen molar-refractivity contribution in [3.8, 4) is 0 Å². The number of hydrogen-bond donors (Lipinski definition) is 1. The lowest BCUT2D eigenvalue weighted by Crippen LogP contribution is -2.36. The summed E-state index contributed by atoms with van der Waals surface area (Å²) in [6, 6.07) is 15.6. The Kier molecular flexibility index (Phi) is 6.26. The summed E-state index contributed by atoms with van der Waals surface area (Å²) in [6.07, 6.45) is 2.09. The van der Waals surface area contributed by atoms with Crippen molar-refractivity contribution in [2.45, 2.75) is 44.0 Å². The summed E-state index contributed by atoms with van der Waals surface area (Å²) in [5.41, 5.74) is 4.79. The fraction of sp³-hybridized carbons (Fsp3) is 0.333. The third-order valence-corrected chi connectivity index (χ3v) is 6.83. The van der Waals surface area contributed by atoms with Crippen LogP contribution in [-0.4, -0.2) is 36.9 Å². The first kappa shape index (κ1) is 20.2. The molecule has 6 nitrogen and oxygen atoms in total. The molecule has 0 spiro atoms. The van der Waals surface area contributed by atoms with Gasteiger partial charge < -0.3 is 0 Å². The number of carbonyl (C=O) groups excluding carboxylic acids is 1. The monoisotopic (exact) mass is 399 g/mol. The average Bonchev–Trinajstić information content (AvgIpc) is 3.16. The largest absolute Gasteiger partial charge is 0.271 e. The van der Waals surface area contributed by atoms with Crippen LogP contribution in [0.15, 0.2) is 64.6 Å².